The third-order valence-electron chi connectivity index (χ3n) is 2.77. The van der Waals surface area contributed by atoms with Crippen molar-refractivity contribution in [2.75, 3.05) is 19.6 Å². The summed E-state index contributed by atoms with van der Waals surface area (Å²) in [6, 6.07) is 8.09. The summed E-state index contributed by atoms with van der Waals surface area (Å²) in [5.41, 5.74) is 3.15. The summed E-state index contributed by atoms with van der Waals surface area (Å²) in [7, 11) is 3.08. The highest BCUT2D eigenvalue weighted by molar-refractivity contribution is 5.81. The molecule has 114 valence electrons. The molecule has 0 fully saturated rings. The smallest absolute Gasteiger partial charge is 0.313 e. The lowest BCUT2D eigenvalue weighted by Gasteiger charge is -2.07. The molecule has 0 saturated carbocycles. The number of pyridine rings is 1. The van der Waals surface area contributed by atoms with E-state index >= 15 is 0 Å². The van der Waals surface area contributed by atoms with Gasteiger partial charge in [-0.05, 0) is 29.8 Å². The molecule has 22 heavy (non-hydrogen) atoms. The van der Waals surface area contributed by atoms with Gasteiger partial charge >= 0.3 is 5.69 Å². The zero-order chi connectivity index (χ0) is 15.9. The van der Waals surface area contributed by atoms with Crippen LogP contribution in [-0.4, -0.2) is 30.3 Å². The van der Waals surface area contributed by atoms with E-state index in [-0.39, 0.29) is 11.5 Å². The number of hydrazone groups is 1. The first-order valence-electron chi connectivity index (χ1n) is 6.26. The van der Waals surface area contributed by atoms with Crippen molar-refractivity contribution >= 4 is 17.7 Å². The van der Waals surface area contributed by atoms with Gasteiger partial charge in [-0.2, -0.15) is 5.10 Å². The fourth-order valence-electron chi connectivity index (χ4n) is 1.73. The quantitative estimate of drug-likeness (QED) is 0.500. The van der Waals surface area contributed by atoms with Gasteiger partial charge in [0.05, 0.1) is 25.4 Å². The Kier molecular flexibility index (Phi) is 4.86. The minimum absolute atomic E-state index is 0.0734. The summed E-state index contributed by atoms with van der Waals surface area (Å²) >= 11 is 0. The van der Waals surface area contributed by atoms with Gasteiger partial charge in [0, 0.05) is 12.3 Å². The highest BCUT2D eigenvalue weighted by Gasteiger charge is 2.12. The van der Waals surface area contributed by atoms with Crippen molar-refractivity contribution in [3.63, 3.8) is 0 Å². The molecule has 0 saturated heterocycles. The number of hydrogen-bond acceptors (Lipinski definition) is 7. The second-order valence-corrected chi connectivity index (χ2v) is 4.11. The topological polar surface area (TPSA) is 98.9 Å². The molecule has 1 aromatic heterocycles. The average molecular weight is 302 g/mol. The van der Waals surface area contributed by atoms with E-state index in [4.69, 9.17) is 9.47 Å². The van der Waals surface area contributed by atoms with Gasteiger partial charge in [0.2, 0.25) is 5.82 Å². The Labute approximate surface area is 126 Å². The van der Waals surface area contributed by atoms with E-state index < -0.39 is 4.92 Å². The average Bonchev–Trinajstić information content (AvgIpc) is 2.55. The maximum absolute atomic E-state index is 10.9. The second-order valence-electron chi connectivity index (χ2n) is 4.11. The molecule has 8 nitrogen and oxygen atoms in total. The fraction of sp³-hybridized carbons (Fsp3) is 0.143. The summed E-state index contributed by atoms with van der Waals surface area (Å²) in [4.78, 5) is 14.2. The Bertz CT molecular complexity index is 703. The van der Waals surface area contributed by atoms with Crippen molar-refractivity contribution in [3.8, 4) is 11.5 Å². The molecule has 0 unspecified atom stereocenters. The number of hydrogen-bond donors (Lipinski definition) is 1. The van der Waals surface area contributed by atoms with Crippen molar-refractivity contribution in [1.82, 2.24) is 4.98 Å². The Morgan fingerprint density at radius 3 is 2.73 bits per heavy atom. The van der Waals surface area contributed by atoms with Gasteiger partial charge in [0.15, 0.2) is 11.5 Å². The summed E-state index contributed by atoms with van der Waals surface area (Å²) in [6.07, 6.45) is 2.95. The number of rotatable bonds is 6. The molecule has 0 bridgehead atoms. The Balaban J connectivity index is 2.15. The molecule has 0 aliphatic carbocycles. The maximum Gasteiger partial charge on any atom is 0.313 e. The predicted octanol–water partition coefficient (Wildman–Crippen LogP) is 2.45. The van der Waals surface area contributed by atoms with Crippen molar-refractivity contribution in [3.05, 3.63) is 52.2 Å². The summed E-state index contributed by atoms with van der Waals surface area (Å²) in [5, 5.41) is 14.8. The van der Waals surface area contributed by atoms with Crippen molar-refractivity contribution in [1.29, 1.82) is 0 Å². The highest BCUT2D eigenvalue weighted by Crippen LogP contribution is 2.27. The van der Waals surface area contributed by atoms with Gasteiger partial charge in [0.1, 0.15) is 0 Å². The zero-order valence-electron chi connectivity index (χ0n) is 12.0. The SMILES string of the molecule is COc1ccc(/C=N/Nc2ncccc2[N+](=O)[O-])cc1OC. The molecule has 0 atom stereocenters. The van der Waals surface area contributed by atoms with E-state index in [1.165, 1.54) is 31.7 Å². The number of nitrogens with one attached hydrogen (secondary N) is 1. The number of nitrogens with zero attached hydrogens (tertiary/aromatic N) is 3. The van der Waals surface area contributed by atoms with Crippen LogP contribution in [0.25, 0.3) is 0 Å². The monoisotopic (exact) mass is 302 g/mol. The van der Waals surface area contributed by atoms with Crippen LogP contribution in [0.1, 0.15) is 5.56 Å². The van der Waals surface area contributed by atoms with E-state index in [9.17, 15) is 10.1 Å². The van der Waals surface area contributed by atoms with Crippen LogP contribution in [0, 0.1) is 10.1 Å². The lowest BCUT2D eigenvalue weighted by Crippen LogP contribution is -1.99. The maximum atomic E-state index is 10.9. The molecule has 2 rings (SSSR count). The van der Waals surface area contributed by atoms with Crippen LogP contribution in [-0.2, 0) is 0 Å². The lowest BCUT2D eigenvalue weighted by atomic mass is 10.2. The molecule has 8 heteroatoms. The standard InChI is InChI=1S/C14H14N4O4/c1-21-12-6-5-10(8-13(12)22-2)9-16-17-14-11(18(19)20)4-3-7-15-14/h3-9H,1-2H3,(H,15,17)/b16-9+. The van der Waals surface area contributed by atoms with Gasteiger partial charge in [-0.15, -0.1) is 0 Å². The Morgan fingerprint density at radius 1 is 1.27 bits per heavy atom. The molecule has 1 N–H and O–H groups in total. The van der Waals surface area contributed by atoms with Crippen molar-refractivity contribution in [2.45, 2.75) is 0 Å². The minimum Gasteiger partial charge on any atom is -0.493 e. The molecule has 1 heterocycles. The van der Waals surface area contributed by atoms with Gasteiger partial charge in [-0.25, -0.2) is 4.98 Å². The highest BCUT2D eigenvalue weighted by atomic mass is 16.6. The summed E-state index contributed by atoms with van der Waals surface area (Å²) < 4.78 is 10.3. The van der Waals surface area contributed by atoms with E-state index in [0.717, 1.165) is 5.56 Å². The van der Waals surface area contributed by atoms with Crippen molar-refractivity contribution in [2.24, 2.45) is 5.10 Å². The normalized spacial score (nSPS) is 10.5. The number of nitro groups is 1. The molecule has 0 aliphatic rings. The molecule has 0 amide bonds. The van der Waals surface area contributed by atoms with Crippen molar-refractivity contribution < 1.29 is 14.4 Å². The third kappa shape index (κ3) is 3.48. The summed E-state index contributed by atoms with van der Waals surface area (Å²) in [5.74, 6) is 1.24. The Hall–Kier alpha value is -3.16. The van der Waals surface area contributed by atoms with E-state index in [2.05, 4.69) is 15.5 Å². The van der Waals surface area contributed by atoms with E-state index in [1.54, 1.807) is 25.3 Å². The van der Waals surface area contributed by atoms with Crippen LogP contribution in [0.2, 0.25) is 0 Å². The first-order chi connectivity index (χ1) is 10.7. The number of ether oxygens (including phenoxy) is 2. The number of anilines is 1. The number of benzene rings is 1. The molecule has 1 aromatic carbocycles. The largest absolute Gasteiger partial charge is 0.493 e. The molecule has 2 aromatic rings. The second kappa shape index (κ2) is 7.02. The van der Waals surface area contributed by atoms with E-state index in [0.29, 0.717) is 11.5 Å². The van der Waals surface area contributed by atoms with Gasteiger partial charge in [0.25, 0.3) is 0 Å². The molecule has 0 spiro atoms. The molecule has 0 radical (unpaired) electrons. The van der Waals surface area contributed by atoms with Crippen LogP contribution in [0.15, 0.2) is 41.6 Å². The zero-order valence-corrected chi connectivity index (χ0v) is 12.0. The first kappa shape index (κ1) is 15.2. The fourth-order valence-corrected chi connectivity index (χ4v) is 1.73. The number of aromatic nitrogens is 1. The molecule has 0 aliphatic heterocycles. The van der Waals surface area contributed by atoms with Crippen LogP contribution < -0.4 is 14.9 Å². The minimum atomic E-state index is -0.527. The van der Waals surface area contributed by atoms with Crippen LogP contribution in [0.5, 0.6) is 11.5 Å². The first-order valence-corrected chi connectivity index (χ1v) is 6.26. The molecular weight excluding hydrogens is 288 g/mol. The predicted molar refractivity (Wildman–Crippen MR) is 81.7 cm³/mol. The van der Waals surface area contributed by atoms with Crippen LogP contribution in [0.3, 0.4) is 0 Å². The Morgan fingerprint density at radius 2 is 2.05 bits per heavy atom. The van der Waals surface area contributed by atoms with Crippen LogP contribution >= 0.6 is 0 Å². The number of methoxy groups -OCH3 is 2. The van der Waals surface area contributed by atoms with Gasteiger partial charge < -0.3 is 9.47 Å². The molecular formula is C14H14N4O4. The third-order valence-corrected chi connectivity index (χ3v) is 2.77. The lowest BCUT2D eigenvalue weighted by molar-refractivity contribution is -0.384. The van der Waals surface area contributed by atoms with Gasteiger partial charge in [-0.1, -0.05) is 0 Å². The van der Waals surface area contributed by atoms with Gasteiger partial charge in [-0.3, -0.25) is 15.5 Å². The van der Waals surface area contributed by atoms with Crippen LogP contribution in [0.4, 0.5) is 11.5 Å². The summed E-state index contributed by atoms with van der Waals surface area (Å²) in [6.45, 7) is 0. The van der Waals surface area contributed by atoms with E-state index in [1.807, 2.05) is 0 Å².